The number of nitro groups is 1. The zero-order valence-corrected chi connectivity index (χ0v) is 9.91. The summed E-state index contributed by atoms with van der Waals surface area (Å²) in [5, 5.41) is 13.0. The van der Waals surface area contributed by atoms with E-state index in [1.807, 2.05) is 0 Å². The molecule has 0 radical (unpaired) electrons. The average molecular weight is 260 g/mol. The van der Waals surface area contributed by atoms with Gasteiger partial charge in [-0.3, -0.25) is 10.1 Å². The van der Waals surface area contributed by atoms with Crippen LogP contribution in [0.2, 0.25) is 0 Å². The van der Waals surface area contributed by atoms with Crippen LogP contribution in [0.1, 0.15) is 12.8 Å². The number of nitrogens with one attached hydrogen (secondary N) is 1. The molecule has 1 rings (SSSR count). The van der Waals surface area contributed by atoms with Crippen LogP contribution in [0.25, 0.3) is 0 Å². The van der Waals surface area contributed by atoms with E-state index in [2.05, 4.69) is 5.32 Å². The fraction of sp³-hybridized carbons (Fsp3) is 0.455. The smallest absolute Gasteiger partial charge is 0.275 e. The van der Waals surface area contributed by atoms with Crippen LogP contribution < -0.4 is 5.32 Å². The maximum atomic E-state index is 13.4. The number of nitrogens with zero attached hydrogens (tertiary/aromatic N) is 1. The molecule has 0 saturated carbocycles. The topological polar surface area (TPSA) is 64.4 Å². The minimum Gasteiger partial charge on any atom is -0.385 e. The molecule has 0 fully saturated rings. The zero-order valence-electron chi connectivity index (χ0n) is 9.91. The minimum atomic E-state index is -0.964. The number of halogens is 2. The molecule has 0 unspecified atom stereocenters. The first-order valence-electron chi connectivity index (χ1n) is 5.42. The molecule has 5 nitrogen and oxygen atoms in total. The van der Waals surface area contributed by atoms with Gasteiger partial charge in [-0.1, -0.05) is 0 Å². The SMILES string of the molecule is COCCCCNc1c(F)cc([N+](=O)[O-])cc1F. The molecule has 0 aliphatic rings. The van der Waals surface area contributed by atoms with Crippen molar-refractivity contribution in [2.45, 2.75) is 12.8 Å². The molecule has 1 aromatic rings. The standard InChI is InChI=1S/C11H14F2N2O3/c1-18-5-3-2-4-14-11-9(12)6-8(15(16)17)7-10(11)13/h6-7,14H,2-5H2,1H3. The van der Waals surface area contributed by atoms with Gasteiger partial charge in [-0.15, -0.1) is 0 Å². The molecule has 0 bridgehead atoms. The van der Waals surface area contributed by atoms with Gasteiger partial charge in [0.05, 0.1) is 17.1 Å². The third kappa shape index (κ3) is 3.92. The summed E-state index contributed by atoms with van der Waals surface area (Å²) in [6.45, 7) is 0.946. The normalized spacial score (nSPS) is 10.4. The maximum Gasteiger partial charge on any atom is 0.275 e. The number of methoxy groups -OCH3 is 1. The molecule has 0 aliphatic carbocycles. The number of unbranched alkanes of at least 4 members (excludes halogenated alkanes) is 1. The van der Waals surface area contributed by atoms with E-state index in [9.17, 15) is 18.9 Å². The van der Waals surface area contributed by atoms with E-state index in [-0.39, 0.29) is 5.69 Å². The summed E-state index contributed by atoms with van der Waals surface area (Å²) in [5.41, 5.74) is -0.937. The number of rotatable bonds is 7. The van der Waals surface area contributed by atoms with E-state index in [4.69, 9.17) is 4.74 Å². The zero-order chi connectivity index (χ0) is 13.5. The first-order chi connectivity index (χ1) is 8.56. The van der Waals surface area contributed by atoms with Gasteiger partial charge in [-0.05, 0) is 12.8 Å². The van der Waals surface area contributed by atoms with Gasteiger partial charge in [0.2, 0.25) is 0 Å². The largest absolute Gasteiger partial charge is 0.385 e. The van der Waals surface area contributed by atoms with Gasteiger partial charge in [-0.25, -0.2) is 8.78 Å². The third-order valence-electron chi connectivity index (χ3n) is 2.31. The van der Waals surface area contributed by atoms with Gasteiger partial charge in [0.1, 0.15) is 5.69 Å². The maximum absolute atomic E-state index is 13.4. The fourth-order valence-corrected chi connectivity index (χ4v) is 1.42. The molecule has 0 amide bonds. The molecule has 0 atom stereocenters. The number of hydrogen-bond donors (Lipinski definition) is 1. The van der Waals surface area contributed by atoms with Crippen molar-refractivity contribution in [1.82, 2.24) is 0 Å². The van der Waals surface area contributed by atoms with Crippen molar-refractivity contribution in [3.05, 3.63) is 33.9 Å². The van der Waals surface area contributed by atoms with E-state index in [0.29, 0.717) is 31.7 Å². The van der Waals surface area contributed by atoms with Gasteiger partial charge in [0, 0.05) is 20.3 Å². The summed E-state index contributed by atoms with van der Waals surface area (Å²) in [6.07, 6.45) is 1.45. The Morgan fingerprint density at radius 3 is 2.44 bits per heavy atom. The van der Waals surface area contributed by atoms with E-state index >= 15 is 0 Å². The Kier molecular flexibility index (Phi) is 5.44. The van der Waals surface area contributed by atoms with Crippen LogP contribution in [0.5, 0.6) is 0 Å². The second kappa shape index (κ2) is 6.85. The van der Waals surface area contributed by atoms with Crippen molar-refractivity contribution in [2.75, 3.05) is 25.6 Å². The highest BCUT2D eigenvalue weighted by atomic mass is 19.1. The molecule has 100 valence electrons. The van der Waals surface area contributed by atoms with Crippen molar-refractivity contribution in [2.24, 2.45) is 0 Å². The molecule has 0 aromatic heterocycles. The number of non-ortho nitro benzene ring substituents is 1. The molecular formula is C11H14F2N2O3. The quantitative estimate of drug-likeness (QED) is 0.465. The molecule has 0 saturated heterocycles. The summed E-state index contributed by atoms with van der Waals surface area (Å²) >= 11 is 0. The summed E-state index contributed by atoms with van der Waals surface area (Å²) in [4.78, 5) is 9.55. The van der Waals surface area contributed by atoms with Crippen LogP contribution >= 0.6 is 0 Å². The Labute approximate surface area is 103 Å². The molecule has 0 spiro atoms. The van der Waals surface area contributed by atoms with Gasteiger partial charge < -0.3 is 10.1 Å². The lowest BCUT2D eigenvalue weighted by atomic mass is 10.2. The molecule has 7 heteroatoms. The summed E-state index contributed by atoms with van der Waals surface area (Å²) in [5.74, 6) is -1.93. The predicted molar refractivity (Wildman–Crippen MR) is 62.6 cm³/mol. The summed E-state index contributed by atoms with van der Waals surface area (Å²) in [7, 11) is 1.57. The first-order valence-corrected chi connectivity index (χ1v) is 5.42. The van der Waals surface area contributed by atoms with Crippen molar-refractivity contribution < 1.29 is 18.4 Å². The second-order valence-electron chi connectivity index (χ2n) is 3.67. The van der Waals surface area contributed by atoms with E-state index in [0.717, 1.165) is 6.42 Å². The van der Waals surface area contributed by atoms with Crippen LogP contribution in [0.3, 0.4) is 0 Å². The monoisotopic (exact) mass is 260 g/mol. The average Bonchev–Trinajstić information content (AvgIpc) is 2.31. The highest BCUT2D eigenvalue weighted by Crippen LogP contribution is 2.24. The van der Waals surface area contributed by atoms with Crippen molar-refractivity contribution in [3.63, 3.8) is 0 Å². The Balaban J connectivity index is 2.63. The predicted octanol–water partition coefficient (Wildman–Crippen LogP) is 2.71. The molecule has 0 aliphatic heterocycles. The van der Waals surface area contributed by atoms with Crippen molar-refractivity contribution in [1.29, 1.82) is 0 Å². The highest BCUT2D eigenvalue weighted by Gasteiger charge is 2.16. The molecule has 1 N–H and O–H groups in total. The first kappa shape index (κ1) is 14.3. The minimum absolute atomic E-state index is 0.335. The van der Waals surface area contributed by atoms with Crippen LogP contribution in [0.15, 0.2) is 12.1 Å². The highest BCUT2D eigenvalue weighted by molar-refractivity contribution is 5.51. The van der Waals surface area contributed by atoms with E-state index in [1.54, 1.807) is 7.11 Å². The van der Waals surface area contributed by atoms with Crippen LogP contribution in [-0.2, 0) is 4.74 Å². The number of benzene rings is 1. The van der Waals surface area contributed by atoms with Crippen LogP contribution in [-0.4, -0.2) is 25.2 Å². The van der Waals surface area contributed by atoms with Crippen LogP contribution in [0.4, 0.5) is 20.2 Å². The van der Waals surface area contributed by atoms with E-state index in [1.165, 1.54) is 0 Å². The van der Waals surface area contributed by atoms with E-state index < -0.39 is 22.2 Å². The lowest BCUT2D eigenvalue weighted by Crippen LogP contribution is -2.07. The molecule has 0 heterocycles. The lowest BCUT2D eigenvalue weighted by molar-refractivity contribution is -0.385. The number of hydrogen-bond acceptors (Lipinski definition) is 4. The number of anilines is 1. The Bertz CT molecular complexity index is 404. The van der Waals surface area contributed by atoms with Crippen molar-refractivity contribution in [3.8, 4) is 0 Å². The summed E-state index contributed by atoms with van der Waals surface area (Å²) in [6, 6.07) is 1.39. The Hall–Kier alpha value is -1.76. The summed E-state index contributed by atoms with van der Waals surface area (Å²) < 4.78 is 31.7. The lowest BCUT2D eigenvalue weighted by Gasteiger charge is -2.08. The molecule has 1 aromatic carbocycles. The Morgan fingerprint density at radius 1 is 1.33 bits per heavy atom. The third-order valence-corrected chi connectivity index (χ3v) is 2.31. The number of ether oxygens (including phenoxy) is 1. The Morgan fingerprint density at radius 2 is 1.94 bits per heavy atom. The fourth-order valence-electron chi connectivity index (χ4n) is 1.42. The molecular weight excluding hydrogens is 246 g/mol. The molecule has 18 heavy (non-hydrogen) atoms. The van der Waals surface area contributed by atoms with Gasteiger partial charge in [0.25, 0.3) is 5.69 Å². The van der Waals surface area contributed by atoms with Gasteiger partial charge in [0.15, 0.2) is 11.6 Å². The number of nitro benzene ring substituents is 1. The van der Waals surface area contributed by atoms with Crippen molar-refractivity contribution >= 4 is 11.4 Å². The second-order valence-corrected chi connectivity index (χ2v) is 3.67. The van der Waals surface area contributed by atoms with Gasteiger partial charge >= 0.3 is 0 Å². The van der Waals surface area contributed by atoms with Crippen LogP contribution in [0, 0.1) is 21.7 Å². The van der Waals surface area contributed by atoms with Gasteiger partial charge in [-0.2, -0.15) is 0 Å².